The Labute approximate surface area is 151 Å². The Morgan fingerprint density at radius 3 is 2.27 bits per heavy atom. The fourth-order valence-electron chi connectivity index (χ4n) is 3.34. The monoisotopic (exact) mass is 365 g/mol. The van der Waals surface area contributed by atoms with Crippen LogP contribution in [0.1, 0.15) is 23.1 Å². The van der Waals surface area contributed by atoms with E-state index >= 15 is 0 Å². The third-order valence-electron chi connectivity index (χ3n) is 4.75. The highest BCUT2D eigenvalue weighted by Gasteiger charge is 2.30. The van der Waals surface area contributed by atoms with Gasteiger partial charge in [-0.1, -0.05) is 12.1 Å². The zero-order valence-corrected chi connectivity index (χ0v) is 14.9. The molecule has 0 saturated carbocycles. The Hall–Kier alpha value is -2.37. The highest BCUT2D eigenvalue weighted by atomic mass is 19.4. The summed E-state index contributed by atoms with van der Waals surface area (Å²) < 4.78 is 48.8. The topological polar surface area (TPSA) is 21.7 Å². The molecule has 6 heteroatoms. The van der Waals surface area contributed by atoms with Crippen molar-refractivity contribution in [3.05, 3.63) is 53.1 Å². The molecule has 0 spiro atoms. The van der Waals surface area contributed by atoms with Crippen LogP contribution in [0, 0.1) is 0 Å². The minimum absolute atomic E-state index is 0.610. The van der Waals surface area contributed by atoms with Gasteiger partial charge in [-0.15, -0.1) is 0 Å². The number of benzene rings is 2. The Kier molecular flexibility index (Phi) is 5.30. The van der Waals surface area contributed by atoms with Gasteiger partial charge in [0.1, 0.15) is 0 Å². The maximum Gasteiger partial charge on any atom is 0.416 e. The van der Waals surface area contributed by atoms with E-state index in [1.54, 1.807) is 26.4 Å². The van der Waals surface area contributed by atoms with E-state index in [4.69, 9.17) is 9.47 Å². The molecule has 0 aliphatic carbocycles. The molecule has 0 amide bonds. The lowest BCUT2D eigenvalue weighted by atomic mass is 10.00. The van der Waals surface area contributed by atoms with Gasteiger partial charge in [-0.3, -0.25) is 0 Å². The number of nitrogens with zero attached hydrogens (tertiary/aromatic N) is 1. The molecule has 3 rings (SSSR count). The largest absolute Gasteiger partial charge is 0.493 e. The van der Waals surface area contributed by atoms with Crippen molar-refractivity contribution >= 4 is 5.69 Å². The normalized spacial score (nSPS) is 14.1. The minimum atomic E-state index is -4.29. The van der Waals surface area contributed by atoms with Gasteiger partial charge in [0.25, 0.3) is 0 Å². The van der Waals surface area contributed by atoms with Crippen LogP contribution in [0.25, 0.3) is 0 Å². The summed E-state index contributed by atoms with van der Waals surface area (Å²) in [5.74, 6) is 1.41. The lowest BCUT2D eigenvalue weighted by Gasteiger charge is -2.32. The lowest BCUT2D eigenvalue weighted by Crippen LogP contribution is -2.31. The number of halogens is 3. The van der Waals surface area contributed by atoms with Crippen LogP contribution in [-0.4, -0.2) is 27.3 Å². The summed E-state index contributed by atoms with van der Waals surface area (Å²) in [6.45, 7) is 1.66. The molecule has 26 heavy (non-hydrogen) atoms. The Bertz CT molecular complexity index is 757. The van der Waals surface area contributed by atoms with Crippen LogP contribution in [-0.2, 0) is 19.0 Å². The quantitative estimate of drug-likeness (QED) is 0.765. The zero-order chi connectivity index (χ0) is 18.7. The van der Waals surface area contributed by atoms with Crippen LogP contribution in [0.5, 0.6) is 11.5 Å². The van der Waals surface area contributed by atoms with E-state index in [0.717, 1.165) is 55.1 Å². The van der Waals surface area contributed by atoms with Crippen molar-refractivity contribution < 1.29 is 22.6 Å². The average molecular weight is 365 g/mol. The lowest BCUT2D eigenvalue weighted by molar-refractivity contribution is -0.137. The van der Waals surface area contributed by atoms with Crippen molar-refractivity contribution in [2.45, 2.75) is 25.4 Å². The van der Waals surface area contributed by atoms with Crippen LogP contribution in [0.4, 0.5) is 18.9 Å². The predicted octanol–water partition coefficient (Wildman–Crippen LogP) is 4.72. The van der Waals surface area contributed by atoms with Crippen molar-refractivity contribution in [2.24, 2.45) is 0 Å². The first-order chi connectivity index (χ1) is 12.4. The molecule has 1 heterocycles. The molecule has 140 valence electrons. The molecule has 2 aromatic rings. The van der Waals surface area contributed by atoms with E-state index in [-0.39, 0.29) is 0 Å². The highest BCUT2D eigenvalue weighted by molar-refractivity contribution is 5.63. The Morgan fingerprint density at radius 1 is 1.00 bits per heavy atom. The van der Waals surface area contributed by atoms with E-state index in [9.17, 15) is 13.2 Å². The fourth-order valence-corrected chi connectivity index (χ4v) is 3.34. The number of alkyl halides is 3. The van der Waals surface area contributed by atoms with Crippen molar-refractivity contribution in [1.82, 2.24) is 0 Å². The van der Waals surface area contributed by atoms with Gasteiger partial charge in [-0.2, -0.15) is 13.2 Å². The summed E-state index contributed by atoms with van der Waals surface area (Å²) in [5.41, 5.74) is 2.61. The Morgan fingerprint density at radius 2 is 1.65 bits per heavy atom. The van der Waals surface area contributed by atoms with Gasteiger partial charge in [-0.25, -0.2) is 0 Å². The molecule has 1 aliphatic rings. The molecule has 2 aromatic carbocycles. The summed E-state index contributed by atoms with van der Waals surface area (Å²) in [4.78, 5) is 2.26. The molecule has 3 nitrogen and oxygen atoms in total. The number of ether oxygens (including phenoxy) is 2. The van der Waals surface area contributed by atoms with Gasteiger partial charge in [0, 0.05) is 24.8 Å². The van der Waals surface area contributed by atoms with E-state index in [0.29, 0.717) is 12.2 Å². The third kappa shape index (κ3) is 3.89. The smallest absolute Gasteiger partial charge is 0.416 e. The summed E-state index contributed by atoms with van der Waals surface area (Å²) in [6.07, 6.45) is -1.59. The molecule has 0 radical (unpaired) electrons. The van der Waals surface area contributed by atoms with Crippen LogP contribution >= 0.6 is 0 Å². The molecule has 0 fully saturated rings. The second-order valence-electron chi connectivity index (χ2n) is 6.37. The minimum Gasteiger partial charge on any atom is -0.493 e. The SMILES string of the molecule is COc1cc2c(cc1OC)N(CCc1ccc(C(F)(F)F)cc1)CCC2. The zero-order valence-electron chi connectivity index (χ0n) is 14.9. The number of fused-ring (bicyclic) bond motifs is 1. The molecule has 0 atom stereocenters. The summed E-state index contributed by atoms with van der Waals surface area (Å²) in [7, 11) is 3.23. The van der Waals surface area contributed by atoms with Crippen LogP contribution in [0.2, 0.25) is 0 Å². The standard InChI is InChI=1S/C20H22F3NO2/c1-25-18-12-15-4-3-10-24(17(15)13-19(18)26-2)11-9-14-5-7-16(8-6-14)20(21,22)23/h5-8,12-13H,3-4,9-11H2,1-2H3. The van der Waals surface area contributed by atoms with Crippen molar-refractivity contribution in [1.29, 1.82) is 0 Å². The first-order valence-corrected chi connectivity index (χ1v) is 8.58. The maximum absolute atomic E-state index is 12.7. The van der Waals surface area contributed by atoms with Gasteiger partial charge < -0.3 is 14.4 Å². The van der Waals surface area contributed by atoms with Crippen molar-refractivity contribution in [3.8, 4) is 11.5 Å². The van der Waals surface area contributed by atoms with E-state index < -0.39 is 11.7 Å². The molecule has 0 aromatic heterocycles. The van der Waals surface area contributed by atoms with Crippen molar-refractivity contribution in [2.75, 3.05) is 32.2 Å². The number of hydrogen-bond donors (Lipinski definition) is 0. The fraction of sp³-hybridized carbons (Fsp3) is 0.400. The van der Waals surface area contributed by atoms with Crippen LogP contribution in [0.3, 0.4) is 0 Å². The van der Waals surface area contributed by atoms with E-state index in [1.807, 2.05) is 12.1 Å². The third-order valence-corrected chi connectivity index (χ3v) is 4.75. The highest BCUT2D eigenvalue weighted by Crippen LogP contribution is 2.38. The van der Waals surface area contributed by atoms with Crippen molar-refractivity contribution in [3.63, 3.8) is 0 Å². The second kappa shape index (κ2) is 7.48. The second-order valence-corrected chi connectivity index (χ2v) is 6.37. The molecule has 0 bridgehead atoms. The van der Waals surface area contributed by atoms with E-state index in [1.165, 1.54) is 5.56 Å². The molecule has 0 saturated heterocycles. The van der Waals surface area contributed by atoms with Gasteiger partial charge in [0.2, 0.25) is 0 Å². The number of methoxy groups -OCH3 is 2. The number of aryl methyl sites for hydroxylation is 1. The average Bonchev–Trinajstić information content (AvgIpc) is 2.64. The molecule has 1 aliphatic heterocycles. The number of anilines is 1. The van der Waals surface area contributed by atoms with Crippen LogP contribution < -0.4 is 14.4 Å². The number of rotatable bonds is 5. The number of hydrogen-bond acceptors (Lipinski definition) is 3. The molecular formula is C20H22F3NO2. The van der Waals surface area contributed by atoms with Gasteiger partial charge in [0.15, 0.2) is 11.5 Å². The summed E-state index contributed by atoms with van der Waals surface area (Å²) in [5, 5.41) is 0. The van der Waals surface area contributed by atoms with Gasteiger partial charge in [-0.05, 0) is 48.6 Å². The maximum atomic E-state index is 12.7. The summed E-state index contributed by atoms with van der Waals surface area (Å²) >= 11 is 0. The van der Waals surface area contributed by atoms with E-state index in [2.05, 4.69) is 4.90 Å². The Balaban J connectivity index is 1.74. The predicted molar refractivity (Wildman–Crippen MR) is 95.2 cm³/mol. The van der Waals surface area contributed by atoms with Gasteiger partial charge >= 0.3 is 6.18 Å². The first-order valence-electron chi connectivity index (χ1n) is 8.58. The molecular weight excluding hydrogens is 343 g/mol. The van der Waals surface area contributed by atoms with Gasteiger partial charge in [0.05, 0.1) is 19.8 Å². The molecule has 0 unspecified atom stereocenters. The first kappa shape index (κ1) is 18.4. The van der Waals surface area contributed by atoms with Crippen LogP contribution in [0.15, 0.2) is 36.4 Å². The molecule has 0 N–H and O–H groups in total. The summed E-state index contributed by atoms with van der Waals surface area (Å²) in [6, 6.07) is 9.41.